The molecule has 0 amide bonds. The number of carbonyl (C=O) groups is 4. The number of carbonyl (C=O) groups excluding carboxylic acids is 4. The lowest BCUT2D eigenvalue weighted by molar-refractivity contribution is -0.161. The highest BCUT2D eigenvalue weighted by molar-refractivity contribution is 7.47. The Morgan fingerprint density at radius 2 is 0.495 bits per heavy atom. The zero-order valence-corrected chi connectivity index (χ0v) is 62.3. The molecule has 19 heteroatoms. The lowest BCUT2D eigenvalue weighted by atomic mass is 10.0. The Hall–Kier alpha value is -1.94. The molecule has 0 heterocycles. The first-order valence-electron chi connectivity index (χ1n) is 38.5. The highest BCUT2D eigenvalue weighted by Gasteiger charge is 2.30. The van der Waals surface area contributed by atoms with Crippen LogP contribution in [0.1, 0.15) is 382 Å². The van der Waals surface area contributed by atoms with E-state index in [4.69, 9.17) is 37.0 Å². The molecule has 93 heavy (non-hydrogen) atoms. The van der Waals surface area contributed by atoms with Crippen molar-refractivity contribution in [3.63, 3.8) is 0 Å². The van der Waals surface area contributed by atoms with E-state index in [-0.39, 0.29) is 25.7 Å². The molecule has 0 saturated carbocycles. The Balaban J connectivity index is 5.24. The van der Waals surface area contributed by atoms with Crippen molar-refractivity contribution < 1.29 is 80.2 Å². The predicted molar refractivity (Wildman–Crippen MR) is 377 cm³/mol. The van der Waals surface area contributed by atoms with Gasteiger partial charge in [0.2, 0.25) is 0 Å². The molecule has 0 aliphatic rings. The minimum atomic E-state index is -4.96. The normalized spacial score (nSPS) is 14.1. The highest BCUT2D eigenvalue weighted by atomic mass is 31.2. The predicted octanol–water partition coefficient (Wildman–Crippen LogP) is 21.6. The molecule has 17 nitrogen and oxygen atoms in total. The first-order valence-corrected chi connectivity index (χ1v) is 41.5. The average Bonchev–Trinajstić information content (AvgIpc) is 2.99. The van der Waals surface area contributed by atoms with Crippen molar-refractivity contribution >= 4 is 39.5 Å². The van der Waals surface area contributed by atoms with Crippen LogP contribution in [-0.4, -0.2) is 96.7 Å². The maximum Gasteiger partial charge on any atom is 0.472 e. The monoisotopic (exact) mass is 1370 g/mol. The first-order chi connectivity index (χ1) is 44.9. The minimum Gasteiger partial charge on any atom is -0.462 e. The summed E-state index contributed by atoms with van der Waals surface area (Å²) in [5, 5.41) is 10.6. The molecule has 0 spiro atoms. The lowest BCUT2D eigenvalue weighted by Gasteiger charge is -2.21. The third-order valence-electron chi connectivity index (χ3n) is 17.2. The molecule has 0 aromatic rings. The Labute approximate surface area is 568 Å². The summed E-state index contributed by atoms with van der Waals surface area (Å²) in [5.74, 6) is -0.563. The van der Waals surface area contributed by atoms with Crippen LogP contribution in [0.5, 0.6) is 0 Å². The van der Waals surface area contributed by atoms with Crippen LogP contribution in [0.2, 0.25) is 0 Å². The van der Waals surface area contributed by atoms with Crippen LogP contribution in [0.3, 0.4) is 0 Å². The van der Waals surface area contributed by atoms with Gasteiger partial charge in [-0.05, 0) is 37.5 Å². The van der Waals surface area contributed by atoms with Gasteiger partial charge in [-0.2, -0.15) is 0 Å². The molecule has 0 fully saturated rings. The van der Waals surface area contributed by atoms with Gasteiger partial charge in [0.15, 0.2) is 12.2 Å². The number of aliphatic hydroxyl groups is 1. The lowest BCUT2D eigenvalue weighted by Crippen LogP contribution is -2.30. The molecule has 0 saturated heterocycles. The minimum absolute atomic E-state index is 0.107. The third kappa shape index (κ3) is 68.4. The van der Waals surface area contributed by atoms with E-state index in [0.717, 1.165) is 102 Å². The molecule has 552 valence electrons. The van der Waals surface area contributed by atoms with E-state index in [1.54, 1.807) is 0 Å². The summed E-state index contributed by atoms with van der Waals surface area (Å²) in [6.45, 7) is 9.59. The molecule has 0 aliphatic carbocycles. The Bertz CT molecular complexity index is 1800. The van der Waals surface area contributed by atoms with Crippen molar-refractivity contribution in [1.29, 1.82) is 0 Å². The van der Waals surface area contributed by atoms with Gasteiger partial charge in [-0.15, -0.1) is 0 Å². The summed E-state index contributed by atoms with van der Waals surface area (Å²) in [6.07, 6.45) is 52.6. The molecule has 0 aromatic carbocycles. The second-order valence-electron chi connectivity index (χ2n) is 27.6. The fourth-order valence-corrected chi connectivity index (χ4v) is 12.9. The van der Waals surface area contributed by atoms with Crippen LogP contribution in [0, 0.1) is 11.8 Å². The number of unbranched alkanes of at least 4 members (excludes halogenated alkanes) is 43. The Morgan fingerprint density at radius 3 is 0.731 bits per heavy atom. The quantitative estimate of drug-likeness (QED) is 0.0222. The number of aliphatic hydroxyl groups excluding tert-OH is 1. The van der Waals surface area contributed by atoms with Gasteiger partial charge in [-0.3, -0.25) is 37.3 Å². The van der Waals surface area contributed by atoms with Crippen LogP contribution < -0.4 is 0 Å². The number of hydrogen-bond acceptors (Lipinski definition) is 15. The fraction of sp³-hybridized carbons (Fsp3) is 0.946. The molecule has 0 aromatic heterocycles. The molecule has 2 unspecified atom stereocenters. The maximum absolute atomic E-state index is 13.1. The summed E-state index contributed by atoms with van der Waals surface area (Å²) in [7, 11) is -9.91. The van der Waals surface area contributed by atoms with Gasteiger partial charge >= 0.3 is 39.5 Å². The van der Waals surface area contributed by atoms with Gasteiger partial charge < -0.3 is 33.8 Å². The summed E-state index contributed by atoms with van der Waals surface area (Å²) in [4.78, 5) is 72.7. The molecule has 0 rings (SSSR count). The van der Waals surface area contributed by atoms with Crippen LogP contribution in [0.4, 0.5) is 0 Å². The van der Waals surface area contributed by atoms with E-state index in [1.807, 2.05) is 0 Å². The summed E-state index contributed by atoms with van der Waals surface area (Å²) < 4.78 is 68.4. The van der Waals surface area contributed by atoms with E-state index in [0.29, 0.717) is 25.7 Å². The van der Waals surface area contributed by atoms with Crippen molar-refractivity contribution in [3.05, 3.63) is 0 Å². The van der Waals surface area contributed by atoms with Gasteiger partial charge in [-0.1, -0.05) is 330 Å². The van der Waals surface area contributed by atoms with Gasteiger partial charge in [0.1, 0.15) is 19.3 Å². The third-order valence-corrected chi connectivity index (χ3v) is 19.1. The Kier molecular flexibility index (Phi) is 64.6. The molecule has 5 atom stereocenters. The van der Waals surface area contributed by atoms with Gasteiger partial charge in [-0.25, -0.2) is 9.13 Å². The summed E-state index contributed by atoms with van der Waals surface area (Å²) >= 11 is 0. The topological polar surface area (TPSA) is 237 Å². The van der Waals surface area contributed by atoms with Gasteiger partial charge in [0, 0.05) is 25.7 Å². The standard InChI is InChI=1S/C74H144O17P2/c1-7-9-11-13-15-17-19-22-26-34-40-46-52-58-73(78)90-69(62-84-71(76)56-50-44-38-32-18-16-14-12-10-8-2)64-88-92(80,81)86-60-68(75)61-87-93(82,83)89-65-70(63-85-72(77)57-51-45-39-33-29-28-31-37-43-49-55-67(5)6)91-74(79)59-53-47-41-35-27-24-21-20-23-25-30-36-42-48-54-66(3)4/h66-70,75H,7-65H2,1-6H3,(H,80,81)(H,82,83)/t68-,69+,70+/m0/s1. The zero-order chi connectivity index (χ0) is 68.6. The molecule has 0 radical (unpaired) electrons. The van der Waals surface area contributed by atoms with Crippen molar-refractivity contribution in [2.75, 3.05) is 39.6 Å². The molecular formula is C74H144O17P2. The van der Waals surface area contributed by atoms with Crippen LogP contribution in [-0.2, 0) is 65.4 Å². The van der Waals surface area contributed by atoms with E-state index in [9.17, 15) is 43.2 Å². The summed E-state index contributed by atoms with van der Waals surface area (Å²) in [5.41, 5.74) is 0. The zero-order valence-electron chi connectivity index (χ0n) is 60.6. The first kappa shape index (κ1) is 91.1. The van der Waals surface area contributed by atoms with E-state index >= 15 is 0 Å². The molecule has 3 N–H and O–H groups in total. The second kappa shape index (κ2) is 66.0. The number of ether oxygens (including phenoxy) is 4. The molecule has 0 aliphatic heterocycles. The average molecular weight is 1370 g/mol. The number of rotatable bonds is 73. The Morgan fingerprint density at radius 1 is 0.290 bits per heavy atom. The summed E-state index contributed by atoms with van der Waals surface area (Å²) in [6, 6.07) is 0. The van der Waals surface area contributed by atoms with Crippen LogP contribution in [0.15, 0.2) is 0 Å². The van der Waals surface area contributed by atoms with Crippen LogP contribution >= 0.6 is 15.6 Å². The van der Waals surface area contributed by atoms with Crippen LogP contribution in [0.25, 0.3) is 0 Å². The van der Waals surface area contributed by atoms with Gasteiger partial charge in [0.25, 0.3) is 0 Å². The number of phosphoric acid groups is 2. The molecular weight excluding hydrogens is 1220 g/mol. The van der Waals surface area contributed by atoms with E-state index < -0.39 is 97.5 Å². The number of hydrogen-bond donors (Lipinski definition) is 3. The largest absolute Gasteiger partial charge is 0.472 e. The van der Waals surface area contributed by atoms with Crippen molar-refractivity contribution in [2.45, 2.75) is 400 Å². The number of phosphoric ester groups is 2. The van der Waals surface area contributed by atoms with Crippen molar-refractivity contribution in [2.24, 2.45) is 11.8 Å². The van der Waals surface area contributed by atoms with E-state index in [1.165, 1.54) is 199 Å². The second-order valence-corrected chi connectivity index (χ2v) is 30.5. The van der Waals surface area contributed by atoms with Gasteiger partial charge in [0.05, 0.1) is 26.4 Å². The number of esters is 4. The van der Waals surface area contributed by atoms with E-state index in [2.05, 4.69) is 41.5 Å². The van der Waals surface area contributed by atoms with Crippen molar-refractivity contribution in [3.8, 4) is 0 Å². The molecule has 0 bridgehead atoms. The van der Waals surface area contributed by atoms with Crippen molar-refractivity contribution in [1.82, 2.24) is 0 Å². The highest BCUT2D eigenvalue weighted by Crippen LogP contribution is 2.45. The fourth-order valence-electron chi connectivity index (χ4n) is 11.3. The maximum atomic E-state index is 13.1. The SMILES string of the molecule is CCCCCCCCCCCCCCCC(=O)O[C@H](COC(=O)CCCCCCCCCCCC)COP(=O)(O)OC[C@H](O)COP(=O)(O)OC[C@@H](COC(=O)CCCCCCCCCCCCC(C)C)OC(=O)CCCCCCCCCCCCCCCCC(C)C. The smallest absolute Gasteiger partial charge is 0.462 e.